The third kappa shape index (κ3) is 5.51. The molecule has 0 unspecified atom stereocenters. The van der Waals surface area contributed by atoms with Gasteiger partial charge in [-0.25, -0.2) is 4.79 Å². The number of benzene rings is 1. The van der Waals surface area contributed by atoms with E-state index in [1.807, 2.05) is 0 Å². The summed E-state index contributed by atoms with van der Waals surface area (Å²) in [5, 5.41) is 0. The number of hydrogen-bond donors (Lipinski definition) is 1. The second-order valence-electron chi connectivity index (χ2n) is 2.73. The van der Waals surface area contributed by atoms with Crippen molar-refractivity contribution in [3.8, 4) is 5.75 Å². The number of ether oxygens (including phenoxy) is 2. The van der Waals surface area contributed by atoms with Crippen LogP contribution in [0.25, 0.3) is 0 Å². The molecule has 1 aromatic carbocycles. The Labute approximate surface area is 121 Å². The maximum absolute atomic E-state index is 10.9. The van der Waals surface area contributed by atoms with Crippen molar-refractivity contribution in [2.75, 3.05) is 6.61 Å². The molecule has 0 bridgehead atoms. The van der Waals surface area contributed by atoms with E-state index < -0.39 is 16.3 Å². The summed E-state index contributed by atoms with van der Waals surface area (Å²) in [5.41, 5.74) is 0. The first-order valence-electron chi connectivity index (χ1n) is 4.35. The summed E-state index contributed by atoms with van der Waals surface area (Å²) in [6.45, 7) is 1.81. The second kappa shape index (κ2) is 6.97. The molecule has 1 rings (SSSR count). The van der Waals surface area contributed by atoms with Crippen LogP contribution in [0.15, 0.2) is 29.2 Å². The number of carbonyl (C=O) groups is 1. The van der Waals surface area contributed by atoms with Gasteiger partial charge in [0.2, 0.25) is 0 Å². The van der Waals surface area contributed by atoms with E-state index in [-0.39, 0.29) is 46.8 Å². The molecule has 0 aliphatic heterocycles. The van der Waals surface area contributed by atoms with E-state index in [0.29, 0.717) is 0 Å². The summed E-state index contributed by atoms with van der Waals surface area (Å²) in [4.78, 5) is 10.6. The van der Waals surface area contributed by atoms with Gasteiger partial charge in [-0.1, -0.05) is 0 Å². The van der Waals surface area contributed by atoms with Crippen LogP contribution in [-0.2, 0) is 14.9 Å². The van der Waals surface area contributed by atoms with Gasteiger partial charge in [0, 0.05) is 0 Å². The Morgan fingerprint density at radius 3 is 2.24 bits per heavy atom. The number of carbonyl (C=O) groups excluding carboxylic acids is 1. The van der Waals surface area contributed by atoms with Crippen LogP contribution >= 0.6 is 0 Å². The summed E-state index contributed by atoms with van der Waals surface area (Å²) in [6.07, 6.45) is -0.873. The maximum atomic E-state index is 10.9. The first kappa shape index (κ1) is 16.4. The Balaban J connectivity index is 0.00000256. The molecule has 0 aliphatic rings. The first-order valence-corrected chi connectivity index (χ1v) is 5.79. The molecule has 0 aromatic heterocycles. The van der Waals surface area contributed by atoms with Crippen molar-refractivity contribution in [3.05, 3.63) is 24.3 Å². The average Bonchev–Trinajstić information content (AvgIpc) is 2.17. The fourth-order valence-corrected chi connectivity index (χ4v) is 1.40. The molecule has 0 fully saturated rings. The van der Waals surface area contributed by atoms with Gasteiger partial charge in [0.05, 0.1) is 11.5 Å². The fraction of sp³-hybridized carbons (Fsp3) is 0.222. The van der Waals surface area contributed by atoms with Crippen LogP contribution in [0.5, 0.6) is 5.75 Å². The standard InChI is InChI=1S/C9H10O6S.Na/c1-2-14-9(10)15-7-3-5-8(6-4-7)16(11,12)13;/h3-6H,2H2,1H3,(H,11,12,13);/q;+1. The SMILES string of the molecule is CCOC(=O)Oc1ccc(S(=O)(=O)O)cc1.[Na+]. The molecule has 6 nitrogen and oxygen atoms in total. The molecule has 88 valence electrons. The Bertz CT molecular complexity index is 467. The van der Waals surface area contributed by atoms with Gasteiger partial charge in [-0.05, 0) is 31.2 Å². The van der Waals surface area contributed by atoms with Crippen LogP contribution in [0.3, 0.4) is 0 Å². The molecule has 17 heavy (non-hydrogen) atoms. The largest absolute Gasteiger partial charge is 1.00 e. The first-order chi connectivity index (χ1) is 7.43. The fourth-order valence-electron chi connectivity index (χ4n) is 0.923. The van der Waals surface area contributed by atoms with Crippen molar-refractivity contribution in [2.45, 2.75) is 11.8 Å². The predicted octanol–water partition coefficient (Wildman–Crippen LogP) is -1.53. The van der Waals surface area contributed by atoms with Crippen molar-refractivity contribution in [3.63, 3.8) is 0 Å². The Morgan fingerprint density at radius 2 is 1.82 bits per heavy atom. The normalized spacial score (nSPS) is 10.2. The summed E-state index contributed by atoms with van der Waals surface area (Å²) in [7, 11) is -4.23. The van der Waals surface area contributed by atoms with Gasteiger partial charge in [0.25, 0.3) is 10.1 Å². The molecule has 0 saturated heterocycles. The molecular formula is C9H10NaO6S+. The van der Waals surface area contributed by atoms with Crippen molar-refractivity contribution in [2.24, 2.45) is 0 Å². The van der Waals surface area contributed by atoms with Crippen LogP contribution in [-0.4, -0.2) is 25.7 Å². The van der Waals surface area contributed by atoms with Crippen molar-refractivity contribution in [1.82, 2.24) is 0 Å². The van der Waals surface area contributed by atoms with Gasteiger partial charge < -0.3 is 9.47 Å². The van der Waals surface area contributed by atoms with Gasteiger partial charge in [-0.2, -0.15) is 8.42 Å². The third-order valence-corrected chi connectivity index (χ3v) is 2.45. The zero-order valence-electron chi connectivity index (χ0n) is 9.41. The van der Waals surface area contributed by atoms with Gasteiger partial charge in [0.1, 0.15) is 5.75 Å². The molecule has 0 spiro atoms. The minimum absolute atomic E-state index is 0. The number of hydrogen-bond acceptors (Lipinski definition) is 5. The summed E-state index contributed by atoms with van der Waals surface area (Å²) in [5.74, 6) is 0.130. The van der Waals surface area contributed by atoms with E-state index in [0.717, 1.165) is 12.1 Å². The van der Waals surface area contributed by atoms with Crippen molar-refractivity contribution in [1.29, 1.82) is 0 Å². The Kier molecular flexibility index (Phi) is 6.73. The van der Waals surface area contributed by atoms with E-state index in [9.17, 15) is 13.2 Å². The Hall–Kier alpha value is -0.600. The predicted molar refractivity (Wildman–Crippen MR) is 53.9 cm³/mol. The summed E-state index contributed by atoms with van der Waals surface area (Å²) in [6, 6.07) is 4.70. The van der Waals surface area contributed by atoms with Crippen molar-refractivity contribution >= 4 is 16.3 Å². The zero-order chi connectivity index (χ0) is 12.2. The molecule has 0 aliphatic carbocycles. The van der Waals surface area contributed by atoms with Gasteiger partial charge in [0.15, 0.2) is 0 Å². The van der Waals surface area contributed by atoms with Crippen LogP contribution in [0.2, 0.25) is 0 Å². The van der Waals surface area contributed by atoms with Gasteiger partial charge in [-0.15, -0.1) is 0 Å². The van der Waals surface area contributed by atoms with Crippen LogP contribution in [0.4, 0.5) is 4.79 Å². The van der Waals surface area contributed by atoms with E-state index in [4.69, 9.17) is 4.55 Å². The molecule has 8 heteroatoms. The van der Waals surface area contributed by atoms with E-state index in [2.05, 4.69) is 9.47 Å². The molecule has 0 radical (unpaired) electrons. The zero-order valence-corrected chi connectivity index (χ0v) is 12.2. The van der Waals surface area contributed by atoms with E-state index >= 15 is 0 Å². The third-order valence-electron chi connectivity index (χ3n) is 1.58. The van der Waals surface area contributed by atoms with E-state index in [1.54, 1.807) is 6.92 Å². The molecule has 0 saturated carbocycles. The smallest absolute Gasteiger partial charge is 0.434 e. The molecule has 1 N–H and O–H groups in total. The second-order valence-corrected chi connectivity index (χ2v) is 4.15. The van der Waals surface area contributed by atoms with Gasteiger partial charge >= 0.3 is 35.7 Å². The average molecular weight is 269 g/mol. The molecule has 0 amide bonds. The molecular weight excluding hydrogens is 259 g/mol. The summed E-state index contributed by atoms with van der Waals surface area (Å²) < 4.78 is 39.3. The van der Waals surface area contributed by atoms with E-state index in [1.165, 1.54) is 12.1 Å². The van der Waals surface area contributed by atoms with Crippen LogP contribution in [0.1, 0.15) is 6.92 Å². The minimum atomic E-state index is -4.23. The molecule has 0 atom stereocenters. The summed E-state index contributed by atoms with van der Waals surface area (Å²) >= 11 is 0. The monoisotopic (exact) mass is 269 g/mol. The van der Waals surface area contributed by atoms with Crippen molar-refractivity contribution < 1.29 is 56.8 Å². The van der Waals surface area contributed by atoms with Crippen LogP contribution in [0, 0.1) is 0 Å². The quantitative estimate of drug-likeness (QED) is 0.310. The Morgan fingerprint density at radius 1 is 1.29 bits per heavy atom. The number of rotatable bonds is 3. The maximum Gasteiger partial charge on any atom is 1.00 e. The van der Waals surface area contributed by atoms with Crippen LogP contribution < -0.4 is 34.3 Å². The van der Waals surface area contributed by atoms with Gasteiger partial charge in [-0.3, -0.25) is 4.55 Å². The minimum Gasteiger partial charge on any atom is -0.434 e. The topological polar surface area (TPSA) is 89.9 Å². The molecule has 1 aromatic rings. The molecule has 0 heterocycles.